The number of carbonyl (C=O) groups is 1. The maximum Gasteiger partial charge on any atom is 0.276 e. The van der Waals surface area contributed by atoms with Crippen molar-refractivity contribution in [3.63, 3.8) is 0 Å². The van der Waals surface area contributed by atoms with Gasteiger partial charge in [-0.1, -0.05) is 30.3 Å². The molecule has 3 rings (SSSR count). The number of carbonyl (C=O) groups excluding carboxylic acids is 1. The van der Waals surface area contributed by atoms with Gasteiger partial charge < -0.3 is 9.30 Å². The normalized spacial score (nSPS) is 11.0. The highest BCUT2D eigenvalue weighted by Gasteiger charge is 2.12. The van der Waals surface area contributed by atoms with Crippen LogP contribution in [0.4, 0.5) is 0 Å². The smallest absolute Gasteiger partial charge is 0.276 e. The third-order valence-corrected chi connectivity index (χ3v) is 4.28. The third-order valence-electron chi connectivity index (χ3n) is 4.28. The molecule has 0 aliphatic heterocycles. The van der Waals surface area contributed by atoms with Crippen LogP contribution in [0, 0.1) is 0 Å². The van der Waals surface area contributed by atoms with Gasteiger partial charge >= 0.3 is 0 Å². The maximum absolute atomic E-state index is 12.3. The van der Waals surface area contributed by atoms with Crippen molar-refractivity contribution in [3.8, 4) is 5.75 Å². The van der Waals surface area contributed by atoms with Crippen molar-refractivity contribution in [2.75, 3.05) is 0 Å². The predicted molar refractivity (Wildman–Crippen MR) is 113 cm³/mol. The summed E-state index contributed by atoms with van der Waals surface area (Å²) in [5, 5.41) is 3.94. The minimum atomic E-state index is -0.538. The molecule has 0 spiro atoms. The van der Waals surface area contributed by atoms with Crippen molar-refractivity contribution in [1.82, 2.24) is 9.99 Å². The minimum absolute atomic E-state index is 0.0265. The first-order chi connectivity index (χ1) is 14.0. The van der Waals surface area contributed by atoms with E-state index in [1.165, 1.54) is 16.8 Å². The molecule has 1 amide bonds. The number of nitrogens with zero attached hydrogens (tertiary/aromatic N) is 2. The number of nitrogens with one attached hydrogen (secondary N) is 1. The lowest BCUT2D eigenvalue weighted by Crippen LogP contribution is -2.31. The summed E-state index contributed by atoms with van der Waals surface area (Å²) in [6.45, 7) is 4.26. The molecule has 0 fully saturated rings. The van der Waals surface area contributed by atoms with Gasteiger partial charge in [0.15, 0.2) is 0 Å². The van der Waals surface area contributed by atoms with Crippen LogP contribution in [-0.2, 0) is 6.61 Å². The Hall–Kier alpha value is -3.67. The minimum Gasteiger partial charge on any atom is -0.489 e. The van der Waals surface area contributed by atoms with E-state index >= 15 is 0 Å². The molecule has 1 heterocycles. The molecule has 148 valence electrons. The topological polar surface area (TPSA) is 72.7 Å². The molecule has 3 aromatic rings. The molecule has 29 heavy (non-hydrogen) atoms. The average Bonchev–Trinajstić information content (AvgIpc) is 2.74. The molecule has 0 saturated heterocycles. The first-order valence-corrected chi connectivity index (χ1v) is 9.36. The van der Waals surface area contributed by atoms with Crippen LogP contribution >= 0.6 is 0 Å². The molecular formula is C23H23N3O3. The summed E-state index contributed by atoms with van der Waals surface area (Å²) in [7, 11) is 0. The van der Waals surface area contributed by atoms with E-state index in [2.05, 4.69) is 10.5 Å². The Morgan fingerprint density at radius 1 is 1.07 bits per heavy atom. The molecule has 6 heteroatoms. The van der Waals surface area contributed by atoms with E-state index in [-0.39, 0.29) is 17.2 Å². The molecule has 1 N–H and O–H groups in total. The molecule has 0 radical (unpaired) electrons. The van der Waals surface area contributed by atoms with Crippen molar-refractivity contribution in [3.05, 3.63) is 100.0 Å². The van der Waals surface area contributed by atoms with Crippen LogP contribution in [0.15, 0.2) is 82.8 Å². The number of amides is 1. The van der Waals surface area contributed by atoms with Crippen molar-refractivity contribution in [2.45, 2.75) is 26.5 Å². The molecule has 1 aromatic heterocycles. The molecule has 6 nitrogen and oxygen atoms in total. The number of pyridine rings is 1. The van der Waals surface area contributed by atoms with E-state index in [0.717, 1.165) is 16.9 Å². The maximum atomic E-state index is 12.3. The van der Waals surface area contributed by atoms with E-state index in [9.17, 15) is 9.59 Å². The number of benzene rings is 2. The molecule has 0 unspecified atom stereocenters. The van der Waals surface area contributed by atoms with Crippen LogP contribution < -0.4 is 15.7 Å². The lowest BCUT2D eigenvalue weighted by Gasteiger charge is -2.10. The van der Waals surface area contributed by atoms with Crippen molar-refractivity contribution >= 4 is 12.1 Å². The molecule has 0 aliphatic carbocycles. The first-order valence-electron chi connectivity index (χ1n) is 9.36. The van der Waals surface area contributed by atoms with Crippen LogP contribution in [0.3, 0.4) is 0 Å². The molecule has 0 saturated carbocycles. The number of hydrogen-bond acceptors (Lipinski definition) is 4. The van der Waals surface area contributed by atoms with Crippen molar-refractivity contribution in [1.29, 1.82) is 0 Å². The summed E-state index contributed by atoms with van der Waals surface area (Å²) in [6, 6.07) is 20.4. The average molecular weight is 389 g/mol. The summed E-state index contributed by atoms with van der Waals surface area (Å²) >= 11 is 0. The Labute approximate surface area is 169 Å². The zero-order chi connectivity index (χ0) is 20.6. The van der Waals surface area contributed by atoms with E-state index < -0.39 is 5.91 Å². The van der Waals surface area contributed by atoms with Crippen molar-refractivity contribution < 1.29 is 9.53 Å². The highest BCUT2D eigenvalue weighted by molar-refractivity contribution is 5.94. The third kappa shape index (κ3) is 5.42. The standard InChI is InChI=1S/C23H23N3O3/c1-17(2)26-14-6-9-21(23(26)28)22(27)25-24-15-18-10-12-20(13-11-18)29-16-19-7-4-3-5-8-19/h3-15,17H,16H2,1-2H3,(H,25,27)/b24-15-. The van der Waals surface area contributed by atoms with E-state index in [0.29, 0.717) is 6.61 Å². The summed E-state index contributed by atoms with van der Waals surface area (Å²) < 4.78 is 7.25. The Balaban J connectivity index is 1.57. The van der Waals surface area contributed by atoms with E-state index in [1.54, 1.807) is 12.3 Å². The molecular weight excluding hydrogens is 366 g/mol. The fraction of sp³-hybridized carbons (Fsp3) is 0.174. The second-order valence-corrected chi connectivity index (χ2v) is 6.77. The molecule has 2 aromatic carbocycles. The zero-order valence-corrected chi connectivity index (χ0v) is 16.4. The Bertz CT molecular complexity index is 1040. The lowest BCUT2D eigenvalue weighted by atomic mass is 10.2. The summed E-state index contributed by atoms with van der Waals surface area (Å²) in [5.74, 6) is 0.206. The van der Waals surface area contributed by atoms with Crippen molar-refractivity contribution in [2.24, 2.45) is 5.10 Å². The van der Waals surface area contributed by atoms with Gasteiger partial charge in [-0.3, -0.25) is 9.59 Å². The number of ether oxygens (including phenoxy) is 1. The van der Waals surface area contributed by atoms with Crippen LogP contribution in [-0.4, -0.2) is 16.7 Å². The Morgan fingerprint density at radius 2 is 1.79 bits per heavy atom. The van der Waals surface area contributed by atoms with E-state index in [4.69, 9.17) is 4.74 Å². The van der Waals surface area contributed by atoms with Gasteiger partial charge in [0.05, 0.1) is 6.21 Å². The summed E-state index contributed by atoms with van der Waals surface area (Å²) in [5.41, 5.74) is 4.01. The van der Waals surface area contributed by atoms with Crippen LogP contribution in [0.5, 0.6) is 5.75 Å². The molecule has 0 atom stereocenters. The van der Waals surface area contributed by atoms with Gasteiger partial charge in [-0.05, 0) is 61.4 Å². The number of aromatic nitrogens is 1. The van der Waals surface area contributed by atoms with Gasteiger partial charge in [-0.25, -0.2) is 5.43 Å². The van der Waals surface area contributed by atoms with Crippen LogP contribution in [0.2, 0.25) is 0 Å². The van der Waals surface area contributed by atoms with Crippen LogP contribution in [0.25, 0.3) is 0 Å². The van der Waals surface area contributed by atoms with E-state index in [1.807, 2.05) is 68.4 Å². The zero-order valence-electron chi connectivity index (χ0n) is 16.4. The Kier molecular flexibility index (Phi) is 6.58. The summed E-state index contributed by atoms with van der Waals surface area (Å²) in [4.78, 5) is 24.6. The number of hydrogen-bond donors (Lipinski definition) is 1. The highest BCUT2D eigenvalue weighted by atomic mass is 16.5. The highest BCUT2D eigenvalue weighted by Crippen LogP contribution is 2.13. The van der Waals surface area contributed by atoms with Gasteiger partial charge in [0.1, 0.15) is 17.9 Å². The SMILES string of the molecule is CC(C)n1cccc(C(=O)N/N=C\c2ccc(OCc3ccccc3)cc2)c1=O. The summed E-state index contributed by atoms with van der Waals surface area (Å²) in [6.07, 6.45) is 3.18. The quantitative estimate of drug-likeness (QED) is 0.494. The Morgan fingerprint density at radius 3 is 2.48 bits per heavy atom. The lowest BCUT2D eigenvalue weighted by molar-refractivity contribution is 0.0953. The van der Waals surface area contributed by atoms with Gasteiger partial charge in [0.2, 0.25) is 0 Å². The fourth-order valence-corrected chi connectivity index (χ4v) is 2.71. The number of hydrazone groups is 1. The second-order valence-electron chi connectivity index (χ2n) is 6.77. The fourth-order valence-electron chi connectivity index (χ4n) is 2.71. The largest absolute Gasteiger partial charge is 0.489 e. The van der Waals surface area contributed by atoms with Gasteiger partial charge in [0.25, 0.3) is 11.5 Å². The number of rotatable bonds is 7. The van der Waals surface area contributed by atoms with Crippen LogP contribution in [0.1, 0.15) is 41.4 Å². The monoisotopic (exact) mass is 389 g/mol. The van der Waals surface area contributed by atoms with Gasteiger partial charge in [-0.15, -0.1) is 0 Å². The molecule has 0 bridgehead atoms. The van der Waals surface area contributed by atoms with Gasteiger partial charge in [-0.2, -0.15) is 5.10 Å². The van der Waals surface area contributed by atoms with Gasteiger partial charge in [0, 0.05) is 12.2 Å². The predicted octanol–water partition coefficient (Wildman–Crippen LogP) is 3.77. The second kappa shape index (κ2) is 9.50. The molecule has 0 aliphatic rings. The first kappa shape index (κ1) is 20.1.